The van der Waals surface area contributed by atoms with E-state index in [2.05, 4.69) is 17.1 Å². The quantitative estimate of drug-likeness (QED) is 0.0983. The Kier molecular flexibility index (Phi) is 10.6. The molecule has 198 valence electrons. The van der Waals surface area contributed by atoms with Crippen LogP contribution in [0.3, 0.4) is 0 Å². The number of hydrogen-bond donors (Lipinski definition) is 1. The van der Waals surface area contributed by atoms with Gasteiger partial charge in [-0.05, 0) is 73.0 Å². The van der Waals surface area contributed by atoms with Crippen molar-refractivity contribution in [2.24, 2.45) is 5.10 Å². The van der Waals surface area contributed by atoms with Crippen LogP contribution in [0.15, 0.2) is 72.4 Å². The summed E-state index contributed by atoms with van der Waals surface area (Å²) >= 11 is 12.0. The third-order valence-corrected chi connectivity index (χ3v) is 5.54. The van der Waals surface area contributed by atoms with E-state index in [0.717, 1.165) is 5.56 Å². The van der Waals surface area contributed by atoms with E-state index < -0.39 is 11.9 Å². The maximum absolute atomic E-state index is 12.6. The van der Waals surface area contributed by atoms with Crippen molar-refractivity contribution < 1.29 is 28.5 Å². The van der Waals surface area contributed by atoms with E-state index >= 15 is 0 Å². The number of methoxy groups -OCH3 is 1. The maximum Gasteiger partial charge on any atom is 0.345 e. The van der Waals surface area contributed by atoms with Crippen LogP contribution in [0, 0.1) is 0 Å². The Balaban J connectivity index is 1.61. The molecule has 3 aromatic carbocycles. The van der Waals surface area contributed by atoms with Gasteiger partial charge in [0.05, 0.1) is 30.5 Å². The van der Waals surface area contributed by atoms with Crippen LogP contribution in [-0.4, -0.2) is 38.4 Å². The third-order valence-electron chi connectivity index (χ3n) is 4.99. The molecule has 0 unspecified atom stereocenters. The molecule has 0 aliphatic carbocycles. The van der Waals surface area contributed by atoms with Gasteiger partial charge in [-0.3, -0.25) is 4.79 Å². The van der Waals surface area contributed by atoms with Gasteiger partial charge >= 0.3 is 5.97 Å². The summed E-state index contributed by atoms with van der Waals surface area (Å²) in [6.45, 7) is 5.58. The van der Waals surface area contributed by atoms with E-state index in [1.165, 1.54) is 25.5 Å². The van der Waals surface area contributed by atoms with Gasteiger partial charge in [0, 0.05) is 5.02 Å². The summed E-state index contributed by atoms with van der Waals surface area (Å²) in [6.07, 6.45) is 3.90. The van der Waals surface area contributed by atoms with Crippen LogP contribution in [0.5, 0.6) is 23.0 Å². The Labute approximate surface area is 230 Å². The van der Waals surface area contributed by atoms with Crippen molar-refractivity contribution in [1.29, 1.82) is 0 Å². The predicted octanol–water partition coefficient (Wildman–Crippen LogP) is 5.88. The third kappa shape index (κ3) is 7.99. The maximum atomic E-state index is 12.6. The van der Waals surface area contributed by atoms with Gasteiger partial charge in [0.1, 0.15) is 0 Å². The van der Waals surface area contributed by atoms with E-state index in [0.29, 0.717) is 40.9 Å². The molecule has 0 heterocycles. The van der Waals surface area contributed by atoms with Crippen LogP contribution in [0.1, 0.15) is 28.4 Å². The second kappa shape index (κ2) is 14.1. The minimum Gasteiger partial charge on any atom is -0.493 e. The normalized spacial score (nSPS) is 10.6. The lowest BCUT2D eigenvalue weighted by atomic mass is 10.1. The molecule has 3 aromatic rings. The van der Waals surface area contributed by atoms with Crippen molar-refractivity contribution in [3.05, 3.63) is 94.0 Å². The van der Waals surface area contributed by atoms with Gasteiger partial charge in [0.15, 0.2) is 29.6 Å². The Morgan fingerprint density at radius 3 is 2.47 bits per heavy atom. The zero-order valence-corrected chi connectivity index (χ0v) is 22.3. The molecule has 8 nitrogen and oxygen atoms in total. The largest absolute Gasteiger partial charge is 0.493 e. The van der Waals surface area contributed by atoms with E-state index in [9.17, 15) is 9.59 Å². The van der Waals surface area contributed by atoms with Crippen molar-refractivity contribution in [2.45, 2.75) is 13.3 Å². The molecule has 0 atom stereocenters. The van der Waals surface area contributed by atoms with Crippen molar-refractivity contribution in [3.63, 3.8) is 0 Å². The first kappa shape index (κ1) is 28.6. The number of nitrogens with one attached hydrogen (secondary N) is 1. The molecule has 0 aromatic heterocycles. The molecule has 0 aliphatic heterocycles. The molecule has 1 N–H and O–H groups in total. The van der Waals surface area contributed by atoms with Gasteiger partial charge in [-0.25, -0.2) is 10.2 Å². The monoisotopic (exact) mass is 556 g/mol. The molecule has 0 radical (unpaired) electrons. The number of hydrazone groups is 1. The number of ether oxygens (including phenoxy) is 4. The SMILES string of the molecule is C=CCc1ccc(OCC(=O)NN=Cc2ccc(OC(=O)c3ccc(Cl)cc3Cl)c(OCC)c2)c(OC)c1. The highest BCUT2D eigenvalue weighted by molar-refractivity contribution is 6.36. The fourth-order valence-corrected chi connectivity index (χ4v) is 3.73. The van der Waals surface area contributed by atoms with Gasteiger partial charge in [-0.2, -0.15) is 5.10 Å². The number of allylic oxidation sites excluding steroid dienone is 1. The van der Waals surface area contributed by atoms with Crippen LogP contribution in [0.25, 0.3) is 0 Å². The predicted molar refractivity (Wildman–Crippen MR) is 147 cm³/mol. The fourth-order valence-electron chi connectivity index (χ4n) is 3.25. The van der Waals surface area contributed by atoms with E-state index in [1.54, 1.807) is 43.3 Å². The molecule has 0 spiro atoms. The average molecular weight is 557 g/mol. The van der Waals surface area contributed by atoms with Crippen LogP contribution in [0.4, 0.5) is 0 Å². The summed E-state index contributed by atoms with van der Waals surface area (Å²) in [5.41, 5.74) is 4.18. The molecule has 0 fully saturated rings. The van der Waals surface area contributed by atoms with Gasteiger partial charge in [-0.1, -0.05) is 35.3 Å². The molecule has 0 saturated heterocycles. The summed E-state index contributed by atoms with van der Waals surface area (Å²) in [5.74, 6) is 0.346. The number of carbonyl (C=O) groups is 2. The summed E-state index contributed by atoms with van der Waals surface area (Å²) in [4.78, 5) is 24.8. The fraction of sp³-hybridized carbons (Fsp3) is 0.179. The molecule has 0 bridgehead atoms. The highest BCUT2D eigenvalue weighted by atomic mass is 35.5. The number of benzene rings is 3. The summed E-state index contributed by atoms with van der Waals surface area (Å²) in [6, 6.07) is 14.7. The first-order chi connectivity index (χ1) is 18.3. The van der Waals surface area contributed by atoms with Crippen LogP contribution >= 0.6 is 23.2 Å². The van der Waals surface area contributed by atoms with Gasteiger partial charge in [-0.15, -0.1) is 6.58 Å². The number of nitrogens with zero attached hydrogens (tertiary/aromatic N) is 1. The lowest BCUT2D eigenvalue weighted by Crippen LogP contribution is -2.24. The second-order valence-electron chi connectivity index (χ2n) is 7.71. The number of halogens is 2. The van der Waals surface area contributed by atoms with Crippen LogP contribution in [0.2, 0.25) is 10.0 Å². The highest BCUT2D eigenvalue weighted by Gasteiger charge is 2.16. The van der Waals surface area contributed by atoms with Crippen molar-refractivity contribution in [3.8, 4) is 23.0 Å². The van der Waals surface area contributed by atoms with E-state index in [-0.39, 0.29) is 22.9 Å². The van der Waals surface area contributed by atoms with Gasteiger partial charge < -0.3 is 18.9 Å². The summed E-state index contributed by atoms with van der Waals surface area (Å²) in [7, 11) is 1.53. The first-order valence-corrected chi connectivity index (χ1v) is 12.3. The van der Waals surface area contributed by atoms with Gasteiger partial charge in [0.2, 0.25) is 0 Å². The van der Waals surface area contributed by atoms with Crippen LogP contribution in [-0.2, 0) is 11.2 Å². The smallest absolute Gasteiger partial charge is 0.345 e. The molecule has 1 amide bonds. The minimum absolute atomic E-state index is 0.166. The number of carbonyl (C=O) groups excluding carboxylic acids is 2. The zero-order valence-electron chi connectivity index (χ0n) is 20.8. The number of amides is 1. The summed E-state index contributed by atoms with van der Waals surface area (Å²) < 4.78 is 22.0. The first-order valence-electron chi connectivity index (χ1n) is 11.5. The molecule has 10 heteroatoms. The Bertz CT molecular complexity index is 1340. The lowest BCUT2D eigenvalue weighted by Gasteiger charge is -2.12. The second-order valence-corrected chi connectivity index (χ2v) is 8.56. The zero-order chi connectivity index (χ0) is 27.5. The average Bonchev–Trinajstić information content (AvgIpc) is 2.89. The van der Waals surface area contributed by atoms with Crippen molar-refractivity contribution in [2.75, 3.05) is 20.3 Å². The standard InChI is InChI=1S/C28H26Cl2N2O6/c1-4-6-18-7-11-23(25(13-18)35-3)37-17-27(33)32-31-16-19-8-12-24(26(14-19)36-5-2)38-28(34)21-10-9-20(29)15-22(21)30/h4,7-16H,1,5-6,17H2,2-3H3,(H,32,33). The van der Waals surface area contributed by atoms with Gasteiger partial charge in [0.25, 0.3) is 5.91 Å². The topological polar surface area (TPSA) is 95.5 Å². The molecule has 0 saturated carbocycles. The molecule has 3 rings (SSSR count). The Hall–Kier alpha value is -4.01. The molecular weight excluding hydrogens is 531 g/mol. The number of rotatable bonds is 12. The Morgan fingerprint density at radius 1 is 0.974 bits per heavy atom. The van der Waals surface area contributed by atoms with Crippen LogP contribution < -0.4 is 24.4 Å². The van der Waals surface area contributed by atoms with Crippen molar-refractivity contribution >= 4 is 41.3 Å². The van der Waals surface area contributed by atoms with E-state index in [1.807, 2.05) is 12.1 Å². The molecular formula is C28H26Cl2N2O6. The lowest BCUT2D eigenvalue weighted by molar-refractivity contribution is -0.123. The number of hydrogen-bond acceptors (Lipinski definition) is 7. The van der Waals surface area contributed by atoms with E-state index in [4.69, 9.17) is 42.1 Å². The highest BCUT2D eigenvalue weighted by Crippen LogP contribution is 2.31. The number of esters is 1. The molecule has 38 heavy (non-hydrogen) atoms. The summed E-state index contributed by atoms with van der Waals surface area (Å²) in [5, 5.41) is 4.53. The minimum atomic E-state index is -0.659. The van der Waals surface area contributed by atoms with Crippen molar-refractivity contribution in [1.82, 2.24) is 5.43 Å². The molecule has 0 aliphatic rings. The Morgan fingerprint density at radius 2 is 1.76 bits per heavy atom.